The molecular weight excluding hydrogens is 426 g/mol. The number of nitrogens with zero attached hydrogens (tertiary/aromatic N) is 4. The average molecular weight is 442 g/mol. The number of Topliss-reactive ketones (excluding diaryl/α,β-unsaturated/α-hetero) is 1. The van der Waals surface area contributed by atoms with E-state index in [1.807, 2.05) is 6.07 Å². The Morgan fingerprint density at radius 1 is 1.27 bits per heavy atom. The van der Waals surface area contributed by atoms with Gasteiger partial charge in [0.15, 0.2) is 28.9 Å². The summed E-state index contributed by atoms with van der Waals surface area (Å²) < 4.78 is 5.62. The number of benzene rings is 1. The van der Waals surface area contributed by atoms with Gasteiger partial charge in [-0.15, -0.1) is 16.4 Å². The molecular formula is C20H16ClN5O3S. The summed E-state index contributed by atoms with van der Waals surface area (Å²) in [6.45, 7) is 3.58. The fraction of sp³-hybridized carbons (Fsp3) is 0.150. The summed E-state index contributed by atoms with van der Waals surface area (Å²) in [5.41, 5.74) is 0.782. The standard InChI is InChI=1S/C20H16ClN5O3S/c1-11(27)16-7-6-15(30-16)10-26-22-9-17(25-26)24-20(28)18-19(29-12(2)23-18)13-4-3-5-14(21)8-13/h3-9H,10H2,1-2H3,(H,24,25,28). The van der Waals surface area contributed by atoms with Gasteiger partial charge in [0.2, 0.25) is 0 Å². The van der Waals surface area contributed by atoms with E-state index in [0.29, 0.717) is 33.7 Å². The van der Waals surface area contributed by atoms with E-state index in [1.165, 1.54) is 29.3 Å². The van der Waals surface area contributed by atoms with Crippen LogP contribution in [-0.2, 0) is 6.54 Å². The van der Waals surface area contributed by atoms with Crippen molar-refractivity contribution in [3.05, 3.63) is 69.0 Å². The largest absolute Gasteiger partial charge is 0.440 e. The summed E-state index contributed by atoms with van der Waals surface area (Å²) in [6.07, 6.45) is 1.45. The van der Waals surface area contributed by atoms with E-state index in [4.69, 9.17) is 16.0 Å². The molecule has 1 aromatic carbocycles. The number of oxazole rings is 1. The minimum atomic E-state index is -0.469. The van der Waals surface area contributed by atoms with Crippen molar-refractivity contribution in [3.8, 4) is 11.3 Å². The molecule has 0 radical (unpaired) electrons. The zero-order valence-corrected chi connectivity index (χ0v) is 17.6. The van der Waals surface area contributed by atoms with Crippen LogP contribution in [0.25, 0.3) is 11.3 Å². The molecule has 4 aromatic rings. The number of hydrogen-bond acceptors (Lipinski definition) is 7. The first-order valence-corrected chi connectivity index (χ1v) is 10.1. The number of anilines is 1. The van der Waals surface area contributed by atoms with Crippen molar-refractivity contribution < 1.29 is 14.0 Å². The molecule has 0 bridgehead atoms. The maximum atomic E-state index is 12.8. The third-order valence-corrected chi connectivity index (χ3v) is 5.53. The molecule has 0 fully saturated rings. The topological polar surface area (TPSA) is 103 Å². The molecule has 1 amide bonds. The van der Waals surface area contributed by atoms with E-state index in [0.717, 1.165) is 4.88 Å². The number of thiophene rings is 1. The monoisotopic (exact) mass is 441 g/mol. The molecule has 0 saturated heterocycles. The average Bonchev–Trinajstić information content (AvgIpc) is 3.42. The summed E-state index contributed by atoms with van der Waals surface area (Å²) >= 11 is 7.44. The predicted octanol–water partition coefficient (Wildman–Crippen LogP) is 4.46. The van der Waals surface area contributed by atoms with Gasteiger partial charge in [0.25, 0.3) is 5.91 Å². The van der Waals surface area contributed by atoms with Crippen molar-refractivity contribution in [3.63, 3.8) is 0 Å². The molecule has 0 atom stereocenters. The Bertz CT molecular complexity index is 1240. The summed E-state index contributed by atoms with van der Waals surface area (Å²) in [6, 6.07) is 10.6. The Hall–Kier alpha value is -3.30. The van der Waals surface area contributed by atoms with Gasteiger partial charge in [0.05, 0.1) is 17.6 Å². The van der Waals surface area contributed by atoms with E-state index < -0.39 is 5.91 Å². The molecule has 10 heteroatoms. The van der Waals surface area contributed by atoms with Gasteiger partial charge >= 0.3 is 0 Å². The Morgan fingerprint density at radius 3 is 2.83 bits per heavy atom. The number of carbonyl (C=O) groups excluding carboxylic acids is 2. The van der Waals surface area contributed by atoms with Gasteiger partial charge < -0.3 is 9.73 Å². The summed E-state index contributed by atoms with van der Waals surface area (Å²) in [7, 11) is 0. The van der Waals surface area contributed by atoms with Crippen LogP contribution in [0.5, 0.6) is 0 Å². The number of rotatable bonds is 6. The third-order valence-electron chi connectivity index (χ3n) is 4.12. The van der Waals surface area contributed by atoms with Crippen molar-refractivity contribution in [1.29, 1.82) is 0 Å². The fourth-order valence-electron chi connectivity index (χ4n) is 2.80. The molecule has 0 aliphatic carbocycles. The highest BCUT2D eigenvalue weighted by Crippen LogP contribution is 2.27. The minimum absolute atomic E-state index is 0.0195. The lowest BCUT2D eigenvalue weighted by Gasteiger charge is -2.02. The maximum absolute atomic E-state index is 12.8. The Labute approximate surface area is 180 Å². The number of halogens is 1. The molecule has 30 heavy (non-hydrogen) atoms. The van der Waals surface area contributed by atoms with Crippen LogP contribution in [0.1, 0.15) is 37.9 Å². The molecule has 152 valence electrons. The van der Waals surface area contributed by atoms with Gasteiger partial charge in [-0.3, -0.25) is 9.59 Å². The highest BCUT2D eigenvalue weighted by molar-refractivity contribution is 7.14. The second-order valence-corrected chi connectivity index (χ2v) is 8.06. The Morgan fingerprint density at radius 2 is 2.10 bits per heavy atom. The van der Waals surface area contributed by atoms with Crippen molar-refractivity contribution >= 4 is 40.4 Å². The number of aromatic nitrogens is 4. The van der Waals surface area contributed by atoms with E-state index in [1.54, 1.807) is 37.3 Å². The highest BCUT2D eigenvalue weighted by atomic mass is 35.5. The van der Waals surface area contributed by atoms with Gasteiger partial charge in [-0.25, -0.2) is 4.98 Å². The zero-order chi connectivity index (χ0) is 21.3. The molecule has 1 N–H and O–H groups in total. The normalized spacial score (nSPS) is 10.9. The first-order valence-electron chi connectivity index (χ1n) is 8.93. The van der Waals surface area contributed by atoms with Crippen molar-refractivity contribution in [2.75, 3.05) is 5.32 Å². The predicted molar refractivity (Wildman–Crippen MR) is 113 cm³/mol. The van der Waals surface area contributed by atoms with E-state index in [9.17, 15) is 9.59 Å². The van der Waals surface area contributed by atoms with E-state index in [-0.39, 0.29) is 17.3 Å². The van der Waals surface area contributed by atoms with Crippen molar-refractivity contribution in [2.45, 2.75) is 20.4 Å². The number of carbonyl (C=O) groups is 2. The molecule has 8 nitrogen and oxygen atoms in total. The van der Waals surface area contributed by atoms with Crippen LogP contribution >= 0.6 is 22.9 Å². The van der Waals surface area contributed by atoms with E-state index >= 15 is 0 Å². The van der Waals surface area contributed by atoms with Crippen molar-refractivity contribution in [2.24, 2.45) is 0 Å². The first kappa shape index (κ1) is 20.0. The molecule has 3 heterocycles. The number of aryl methyl sites for hydroxylation is 1. The van der Waals surface area contributed by atoms with Crippen LogP contribution in [0, 0.1) is 6.92 Å². The zero-order valence-electron chi connectivity index (χ0n) is 16.0. The molecule has 0 saturated carbocycles. The van der Waals surface area contributed by atoms with Gasteiger partial charge in [-0.05, 0) is 31.2 Å². The highest BCUT2D eigenvalue weighted by Gasteiger charge is 2.21. The lowest BCUT2D eigenvalue weighted by molar-refractivity contribution is 0.101. The van der Waals surface area contributed by atoms with Crippen LogP contribution in [0.3, 0.4) is 0 Å². The summed E-state index contributed by atoms with van der Waals surface area (Å²) in [5.74, 6) is 0.518. The number of ketones is 1. The number of hydrogen-bond donors (Lipinski definition) is 1. The first-order chi connectivity index (χ1) is 14.4. The van der Waals surface area contributed by atoms with Crippen LogP contribution in [-0.4, -0.2) is 31.7 Å². The maximum Gasteiger partial charge on any atom is 0.279 e. The second-order valence-electron chi connectivity index (χ2n) is 6.46. The lowest BCUT2D eigenvalue weighted by Crippen LogP contribution is -2.14. The van der Waals surface area contributed by atoms with Crippen LogP contribution in [0.4, 0.5) is 5.82 Å². The smallest absolute Gasteiger partial charge is 0.279 e. The van der Waals surface area contributed by atoms with Gasteiger partial charge in [0.1, 0.15) is 0 Å². The number of amides is 1. The quantitative estimate of drug-likeness (QED) is 0.443. The van der Waals surface area contributed by atoms with Gasteiger partial charge in [0, 0.05) is 22.4 Å². The molecule has 0 aliphatic heterocycles. The third kappa shape index (κ3) is 4.32. The van der Waals surface area contributed by atoms with Crippen molar-refractivity contribution in [1.82, 2.24) is 20.0 Å². The minimum Gasteiger partial charge on any atom is -0.440 e. The molecule has 4 rings (SSSR count). The summed E-state index contributed by atoms with van der Waals surface area (Å²) in [5, 5.41) is 11.6. The van der Waals surface area contributed by atoms with Gasteiger partial charge in [-0.1, -0.05) is 23.7 Å². The Balaban J connectivity index is 1.50. The van der Waals surface area contributed by atoms with Crippen LogP contribution in [0.2, 0.25) is 5.02 Å². The van der Waals surface area contributed by atoms with Crippen LogP contribution < -0.4 is 5.32 Å². The van der Waals surface area contributed by atoms with Gasteiger partial charge in [-0.2, -0.15) is 9.90 Å². The second kappa shape index (κ2) is 8.21. The fourth-order valence-corrected chi connectivity index (χ4v) is 3.87. The molecule has 0 aliphatic rings. The SMILES string of the molecule is CC(=O)c1ccc(Cn2ncc(NC(=O)c3nc(C)oc3-c3cccc(Cl)c3)n2)s1. The Kier molecular flexibility index (Phi) is 5.47. The molecule has 3 aromatic heterocycles. The summed E-state index contributed by atoms with van der Waals surface area (Å²) in [4.78, 5) is 31.5. The van der Waals surface area contributed by atoms with Crippen LogP contribution in [0.15, 0.2) is 47.0 Å². The molecule has 0 unspecified atom stereocenters. The number of nitrogens with one attached hydrogen (secondary N) is 1. The van der Waals surface area contributed by atoms with E-state index in [2.05, 4.69) is 20.5 Å². The lowest BCUT2D eigenvalue weighted by atomic mass is 10.1. The molecule has 0 spiro atoms.